The Labute approximate surface area is 163 Å². The molecule has 0 aliphatic rings. The summed E-state index contributed by atoms with van der Waals surface area (Å²) >= 11 is 6.20. The third-order valence-corrected chi connectivity index (χ3v) is 4.94. The Morgan fingerprint density at radius 1 is 1.11 bits per heavy atom. The molecular weight excluding hydrogens is 360 g/mol. The molecule has 4 aromatic rings. The van der Waals surface area contributed by atoms with E-state index < -0.39 is 0 Å². The molecule has 0 aliphatic carbocycles. The van der Waals surface area contributed by atoms with Gasteiger partial charge in [0, 0.05) is 22.7 Å². The van der Waals surface area contributed by atoms with E-state index in [-0.39, 0.29) is 0 Å². The zero-order valence-electron chi connectivity index (χ0n) is 15.1. The molecule has 27 heavy (non-hydrogen) atoms. The van der Waals surface area contributed by atoms with Crippen LogP contribution in [-0.4, -0.2) is 18.6 Å². The van der Waals surface area contributed by atoms with Crippen molar-refractivity contribution in [2.24, 2.45) is 0 Å². The Morgan fingerprint density at radius 2 is 2.00 bits per heavy atom. The van der Waals surface area contributed by atoms with Crippen LogP contribution in [0.25, 0.3) is 22.2 Å². The Bertz CT molecular complexity index is 1050. The normalized spacial score (nSPS) is 11.2. The van der Waals surface area contributed by atoms with E-state index >= 15 is 0 Å². The average molecular weight is 381 g/mol. The first-order chi connectivity index (χ1) is 13.2. The van der Waals surface area contributed by atoms with Crippen LogP contribution in [-0.2, 0) is 13.0 Å². The fourth-order valence-electron chi connectivity index (χ4n) is 3.22. The maximum atomic E-state index is 6.20. The van der Waals surface area contributed by atoms with E-state index in [1.807, 2.05) is 36.4 Å². The number of nitrogens with one attached hydrogen (secondary N) is 2. The predicted molar refractivity (Wildman–Crippen MR) is 109 cm³/mol. The number of rotatable bonds is 7. The Kier molecular flexibility index (Phi) is 5.19. The number of methoxy groups -OCH3 is 1. The lowest BCUT2D eigenvalue weighted by Crippen LogP contribution is -2.16. The highest BCUT2D eigenvalue weighted by Gasteiger charge is 2.08. The highest BCUT2D eigenvalue weighted by molar-refractivity contribution is 6.32. The van der Waals surface area contributed by atoms with Crippen LogP contribution in [0.2, 0.25) is 5.02 Å². The summed E-state index contributed by atoms with van der Waals surface area (Å²) in [6.07, 6.45) is 3.05. The molecule has 0 bridgehead atoms. The van der Waals surface area contributed by atoms with Crippen LogP contribution < -0.4 is 10.1 Å². The molecule has 0 atom stereocenters. The van der Waals surface area contributed by atoms with Gasteiger partial charge in [-0.05, 0) is 54.9 Å². The van der Waals surface area contributed by atoms with Gasteiger partial charge in [-0.1, -0.05) is 29.8 Å². The summed E-state index contributed by atoms with van der Waals surface area (Å²) in [5.41, 5.74) is 3.44. The van der Waals surface area contributed by atoms with Crippen LogP contribution >= 0.6 is 11.6 Å². The Morgan fingerprint density at radius 3 is 2.85 bits per heavy atom. The standard InChI is InChI=1S/C22H21ClN2O2/c1-26-22-8-6-15(12-19(22)23)21-9-7-17(27-21)14-24-11-10-16-13-25-20-5-3-2-4-18(16)20/h2-9,12-13,24-25H,10-11,14H2,1H3. The second-order valence-electron chi connectivity index (χ2n) is 6.40. The average Bonchev–Trinajstić information content (AvgIpc) is 3.32. The molecule has 4 nitrogen and oxygen atoms in total. The van der Waals surface area contributed by atoms with Crippen molar-refractivity contribution in [2.75, 3.05) is 13.7 Å². The van der Waals surface area contributed by atoms with Crippen molar-refractivity contribution in [1.29, 1.82) is 0 Å². The molecule has 2 heterocycles. The van der Waals surface area contributed by atoms with Crippen molar-refractivity contribution < 1.29 is 9.15 Å². The summed E-state index contributed by atoms with van der Waals surface area (Å²) in [5.74, 6) is 2.36. The van der Waals surface area contributed by atoms with E-state index in [1.54, 1.807) is 7.11 Å². The van der Waals surface area contributed by atoms with Gasteiger partial charge in [-0.15, -0.1) is 0 Å². The zero-order valence-corrected chi connectivity index (χ0v) is 15.8. The highest BCUT2D eigenvalue weighted by atomic mass is 35.5. The molecule has 2 aromatic carbocycles. The molecule has 0 fully saturated rings. The summed E-state index contributed by atoms with van der Waals surface area (Å²) in [6.45, 7) is 1.57. The van der Waals surface area contributed by atoms with Crippen molar-refractivity contribution in [3.8, 4) is 17.1 Å². The Balaban J connectivity index is 1.34. The van der Waals surface area contributed by atoms with E-state index in [0.717, 1.165) is 30.0 Å². The van der Waals surface area contributed by atoms with Crippen molar-refractivity contribution in [3.63, 3.8) is 0 Å². The van der Waals surface area contributed by atoms with Gasteiger partial charge < -0.3 is 19.5 Å². The largest absolute Gasteiger partial charge is 0.495 e. The Hall–Kier alpha value is -2.69. The van der Waals surface area contributed by atoms with Crippen LogP contribution in [0, 0.1) is 0 Å². The van der Waals surface area contributed by atoms with Crippen LogP contribution in [0.5, 0.6) is 5.75 Å². The topological polar surface area (TPSA) is 50.2 Å². The highest BCUT2D eigenvalue weighted by Crippen LogP contribution is 2.31. The lowest BCUT2D eigenvalue weighted by atomic mass is 10.1. The third kappa shape index (κ3) is 3.87. The van der Waals surface area contributed by atoms with E-state index in [1.165, 1.54) is 16.5 Å². The van der Waals surface area contributed by atoms with Gasteiger partial charge in [0.1, 0.15) is 17.3 Å². The minimum atomic E-state index is 0.574. The second kappa shape index (κ2) is 7.91. The van der Waals surface area contributed by atoms with Gasteiger partial charge in [-0.3, -0.25) is 0 Å². The minimum absolute atomic E-state index is 0.574. The molecule has 2 N–H and O–H groups in total. The van der Waals surface area contributed by atoms with Crippen LogP contribution in [0.4, 0.5) is 0 Å². The number of aromatic amines is 1. The number of para-hydroxylation sites is 1. The molecule has 138 valence electrons. The number of benzene rings is 2. The van der Waals surface area contributed by atoms with Crippen molar-refractivity contribution in [2.45, 2.75) is 13.0 Å². The molecule has 5 heteroatoms. The van der Waals surface area contributed by atoms with Gasteiger partial charge in [0.25, 0.3) is 0 Å². The number of H-pyrrole nitrogens is 1. The van der Waals surface area contributed by atoms with Crippen molar-refractivity contribution >= 4 is 22.5 Å². The molecule has 0 unspecified atom stereocenters. The number of aromatic nitrogens is 1. The number of ether oxygens (including phenoxy) is 1. The van der Waals surface area contributed by atoms with Crippen LogP contribution in [0.1, 0.15) is 11.3 Å². The maximum absolute atomic E-state index is 6.20. The molecule has 0 amide bonds. The summed E-state index contributed by atoms with van der Waals surface area (Å²) in [6, 6.07) is 18.0. The van der Waals surface area contributed by atoms with Gasteiger partial charge in [0.15, 0.2) is 0 Å². The lowest BCUT2D eigenvalue weighted by molar-refractivity contribution is 0.415. The molecule has 0 saturated carbocycles. The maximum Gasteiger partial charge on any atom is 0.137 e. The summed E-state index contributed by atoms with van der Waals surface area (Å²) in [4.78, 5) is 3.31. The summed E-state index contributed by atoms with van der Waals surface area (Å²) in [5, 5.41) is 5.31. The zero-order chi connectivity index (χ0) is 18.6. The molecule has 0 spiro atoms. The number of hydrogen-bond acceptors (Lipinski definition) is 3. The SMILES string of the molecule is COc1ccc(-c2ccc(CNCCc3c[nH]c4ccccc34)o2)cc1Cl. The predicted octanol–water partition coefficient (Wildman–Crippen LogP) is 5.42. The minimum Gasteiger partial charge on any atom is -0.495 e. The van der Waals surface area contributed by atoms with Gasteiger partial charge >= 0.3 is 0 Å². The third-order valence-electron chi connectivity index (χ3n) is 4.64. The van der Waals surface area contributed by atoms with E-state index in [0.29, 0.717) is 17.3 Å². The first kappa shape index (κ1) is 17.7. The molecular formula is C22H21ClN2O2. The monoisotopic (exact) mass is 380 g/mol. The van der Waals surface area contributed by atoms with Crippen LogP contribution in [0.3, 0.4) is 0 Å². The number of furan rings is 1. The number of fused-ring (bicyclic) bond motifs is 1. The van der Waals surface area contributed by atoms with Crippen molar-refractivity contribution in [1.82, 2.24) is 10.3 Å². The molecule has 4 rings (SSSR count). The number of halogens is 1. The lowest BCUT2D eigenvalue weighted by Gasteiger charge is -2.05. The molecule has 0 aliphatic heterocycles. The summed E-state index contributed by atoms with van der Waals surface area (Å²) in [7, 11) is 1.60. The summed E-state index contributed by atoms with van der Waals surface area (Å²) < 4.78 is 11.1. The first-order valence-corrected chi connectivity index (χ1v) is 9.31. The molecule has 0 saturated heterocycles. The smallest absolute Gasteiger partial charge is 0.137 e. The van der Waals surface area contributed by atoms with E-state index in [4.69, 9.17) is 20.8 Å². The fraction of sp³-hybridized carbons (Fsp3) is 0.182. The second-order valence-corrected chi connectivity index (χ2v) is 6.81. The fourth-order valence-corrected chi connectivity index (χ4v) is 3.48. The van der Waals surface area contributed by atoms with Gasteiger partial charge in [0.2, 0.25) is 0 Å². The van der Waals surface area contributed by atoms with E-state index in [2.05, 4.69) is 34.7 Å². The quantitative estimate of drug-likeness (QED) is 0.421. The molecule has 2 aromatic heterocycles. The van der Waals surface area contributed by atoms with Gasteiger partial charge in [0.05, 0.1) is 18.7 Å². The van der Waals surface area contributed by atoms with Crippen LogP contribution in [0.15, 0.2) is 65.2 Å². The van der Waals surface area contributed by atoms with Gasteiger partial charge in [-0.25, -0.2) is 0 Å². The van der Waals surface area contributed by atoms with Crippen molar-refractivity contribution in [3.05, 3.63) is 77.1 Å². The number of hydrogen-bond donors (Lipinski definition) is 2. The van der Waals surface area contributed by atoms with E-state index in [9.17, 15) is 0 Å². The first-order valence-electron chi connectivity index (χ1n) is 8.93. The van der Waals surface area contributed by atoms with Gasteiger partial charge in [-0.2, -0.15) is 0 Å². The molecule has 0 radical (unpaired) electrons.